The van der Waals surface area contributed by atoms with Crippen molar-refractivity contribution >= 4 is 34.0 Å². The molecule has 3 heterocycles. The topological polar surface area (TPSA) is 89.0 Å². The molecule has 36 heavy (non-hydrogen) atoms. The molecule has 9 heteroatoms. The largest absolute Gasteiger partial charge is 0.447 e. The summed E-state index contributed by atoms with van der Waals surface area (Å²) in [7, 11) is 0. The molecule has 0 radical (unpaired) electrons. The molecule has 2 aliphatic rings. The number of carbonyl (C=O) groups is 3. The summed E-state index contributed by atoms with van der Waals surface area (Å²) >= 11 is 3.40. The number of hydrogen-bond donors (Lipinski definition) is 0. The third-order valence-electron chi connectivity index (χ3n) is 6.52. The molecule has 3 atom stereocenters. The Morgan fingerprint density at radius 3 is 2.64 bits per heavy atom. The number of benzene rings is 1. The summed E-state index contributed by atoms with van der Waals surface area (Å²) in [5, 5.41) is 0. The van der Waals surface area contributed by atoms with Crippen LogP contribution in [0, 0.1) is 11.8 Å². The Bertz CT molecular complexity index is 1100. The first-order chi connectivity index (χ1) is 17.1. The number of hydrogen-bond acceptors (Lipinski definition) is 6. The highest BCUT2D eigenvalue weighted by Gasteiger charge is 2.45. The van der Waals surface area contributed by atoms with Gasteiger partial charge in [0.1, 0.15) is 16.8 Å². The van der Waals surface area contributed by atoms with Crippen LogP contribution >= 0.6 is 15.9 Å². The molecule has 0 saturated carbocycles. The van der Waals surface area contributed by atoms with Gasteiger partial charge >= 0.3 is 12.2 Å². The molecule has 2 saturated heterocycles. The highest BCUT2D eigenvalue weighted by molar-refractivity contribution is 9.10. The number of likely N-dealkylation sites (tertiary alicyclic amines) is 1. The van der Waals surface area contributed by atoms with Crippen LogP contribution in [-0.4, -0.2) is 64.2 Å². The molecule has 2 fully saturated rings. The molecule has 1 aromatic carbocycles. The van der Waals surface area contributed by atoms with E-state index in [-0.39, 0.29) is 30.6 Å². The molecule has 8 nitrogen and oxygen atoms in total. The predicted octanol–water partition coefficient (Wildman–Crippen LogP) is 4.85. The molecule has 0 spiro atoms. The van der Waals surface area contributed by atoms with Crippen LogP contribution in [0.3, 0.4) is 0 Å². The summed E-state index contributed by atoms with van der Waals surface area (Å²) in [6.45, 7) is 6.56. The number of imide groups is 1. The van der Waals surface area contributed by atoms with Crippen molar-refractivity contribution < 1.29 is 23.9 Å². The van der Waals surface area contributed by atoms with Crippen molar-refractivity contribution in [1.29, 1.82) is 0 Å². The third-order valence-corrected chi connectivity index (χ3v) is 6.96. The summed E-state index contributed by atoms with van der Waals surface area (Å²) < 4.78 is 11.6. The second kappa shape index (κ2) is 11.0. The van der Waals surface area contributed by atoms with Crippen molar-refractivity contribution in [3.05, 3.63) is 64.4 Å². The lowest BCUT2D eigenvalue weighted by atomic mass is 9.84. The number of aromatic nitrogens is 1. The van der Waals surface area contributed by atoms with E-state index in [0.29, 0.717) is 37.0 Å². The molecule has 0 N–H and O–H groups in total. The Morgan fingerprint density at radius 1 is 1.19 bits per heavy atom. The number of rotatable bonds is 6. The van der Waals surface area contributed by atoms with Gasteiger partial charge in [0.05, 0.1) is 6.04 Å². The molecule has 2 aromatic rings. The lowest BCUT2D eigenvalue weighted by Gasteiger charge is -2.29. The lowest BCUT2D eigenvalue weighted by Crippen LogP contribution is -2.46. The van der Waals surface area contributed by atoms with Gasteiger partial charge in [-0.25, -0.2) is 19.5 Å². The Balaban J connectivity index is 1.56. The normalized spacial score (nSPS) is 20.8. The minimum atomic E-state index is -0.608. The lowest BCUT2D eigenvalue weighted by molar-refractivity contribution is -0.135. The highest BCUT2D eigenvalue weighted by atomic mass is 79.9. The predicted molar refractivity (Wildman–Crippen MR) is 137 cm³/mol. The van der Waals surface area contributed by atoms with Gasteiger partial charge in [-0.3, -0.25) is 4.79 Å². The maximum absolute atomic E-state index is 14.0. The first-order valence-electron chi connectivity index (χ1n) is 12.2. The summed E-state index contributed by atoms with van der Waals surface area (Å²) in [4.78, 5) is 46.6. The van der Waals surface area contributed by atoms with Gasteiger partial charge in [-0.1, -0.05) is 30.3 Å². The van der Waals surface area contributed by atoms with Crippen molar-refractivity contribution in [3.63, 3.8) is 0 Å². The van der Waals surface area contributed by atoms with Crippen LogP contribution in [-0.2, 0) is 27.1 Å². The molecule has 0 bridgehead atoms. The molecule has 192 valence electrons. The average molecular weight is 558 g/mol. The van der Waals surface area contributed by atoms with Gasteiger partial charge in [0.15, 0.2) is 0 Å². The second-order valence-corrected chi connectivity index (χ2v) is 11.2. The molecule has 3 amide bonds. The van der Waals surface area contributed by atoms with Crippen molar-refractivity contribution in [2.24, 2.45) is 11.8 Å². The van der Waals surface area contributed by atoms with Gasteiger partial charge < -0.3 is 14.4 Å². The third kappa shape index (κ3) is 6.43. The maximum Gasteiger partial charge on any atom is 0.416 e. The number of amides is 3. The van der Waals surface area contributed by atoms with Crippen molar-refractivity contribution in [3.8, 4) is 0 Å². The van der Waals surface area contributed by atoms with E-state index in [4.69, 9.17) is 9.47 Å². The van der Waals surface area contributed by atoms with E-state index in [1.807, 2.05) is 63.2 Å². The Morgan fingerprint density at radius 2 is 1.94 bits per heavy atom. The molecule has 2 aliphatic heterocycles. The number of halogens is 1. The van der Waals surface area contributed by atoms with Crippen molar-refractivity contribution in [1.82, 2.24) is 14.8 Å². The van der Waals surface area contributed by atoms with Gasteiger partial charge in [0, 0.05) is 25.2 Å². The smallest absolute Gasteiger partial charge is 0.416 e. The average Bonchev–Trinajstić information content (AvgIpc) is 3.44. The number of ether oxygens (including phenoxy) is 2. The van der Waals surface area contributed by atoms with E-state index in [2.05, 4.69) is 20.9 Å². The Hall–Kier alpha value is -2.94. The number of carbonyl (C=O) groups excluding carboxylic acids is 3. The Labute approximate surface area is 220 Å². The van der Waals surface area contributed by atoms with Crippen LogP contribution in [0.5, 0.6) is 0 Å². The van der Waals surface area contributed by atoms with Gasteiger partial charge in [0.25, 0.3) is 0 Å². The van der Waals surface area contributed by atoms with E-state index < -0.39 is 17.6 Å². The van der Waals surface area contributed by atoms with Crippen LogP contribution in [0.15, 0.2) is 53.3 Å². The van der Waals surface area contributed by atoms with Gasteiger partial charge in [-0.15, -0.1) is 0 Å². The second-order valence-electron chi connectivity index (χ2n) is 10.4. The van der Waals surface area contributed by atoms with E-state index in [9.17, 15) is 14.4 Å². The molecule has 1 aromatic heterocycles. The van der Waals surface area contributed by atoms with Crippen molar-refractivity contribution in [2.45, 2.75) is 51.7 Å². The first-order valence-corrected chi connectivity index (χ1v) is 13.0. The monoisotopic (exact) mass is 557 g/mol. The first kappa shape index (κ1) is 26.1. The summed E-state index contributed by atoms with van der Waals surface area (Å²) in [6.07, 6.45) is 2.29. The number of nitrogens with zero attached hydrogens (tertiary/aromatic N) is 3. The standard InChI is InChI=1S/C27H32BrN3O5/c1-27(2,3)36-25(33)30-12-10-20(16-30)22(14-19-9-11-29-23(28)15-19)24(32)31-21(17-35-26(31)34)13-18-7-5-4-6-8-18/h4-9,11,15,20-22H,10,12-14,16-17H2,1-3H3/t20-,21-,22-/m0/s1. The SMILES string of the molecule is CC(C)(C)OC(=O)N1CC[C@H]([C@H](Cc2ccnc(Br)c2)C(=O)N2C(=O)OC[C@@H]2Cc2ccccc2)C1. The summed E-state index contributed by atoms with van der Waals surface area (Å²) in [6, 6.07) is 13.1. The number of cyclic esters (lactones) is 1. The quantitative estimate of drug-likeness (QED) is 0.471. The Kier molecular flexibility index (Phi) is 7.97. The molecular weight excluding hydrogens is 526 g/mol. The van der Waals surface area contributed by atoms with Gasteiger partial charge in [0.2, 0.25) is 5.91 Å². The zero-order valence-corrected chi connectivity index (χ0v) is 22.4. The maximum atomic E-state index is 14.0. The zero-order chi connectivity index (χ0) is 25.9. The van der Waals surface area contributed by atoms with Crippen LogP contribution in [0.4, 0.5) is 9.59 Å². The van der Waals surface area contributed by atoms with Gasteiger partial charge in [-0.2, -0.15) is 0 Å². The van der Waals surface area contributed by atoms with Crippen LogP contribution < -0.4 is 0 Å². The fraction of sp³-hybridized carbons (Fsp3) is 0.481. The number of pyridine rings is 1. The minimum Gasteiger partial charge on any atom is -0.447 e. The van der Waals surface area contributed by atoms with Crippen molar-refractivity contribution in [2.75, 3.05) is 19.7 Å². The fourth-order valence-corrected chi connectivity index (χ4v) is 5.24. The fourth-order valence-electron chi connectivity index (χ4n) is 4.83. The summed E-state index contributed by atoms with van der Waals surface area (Å²) in [5.74, 6) is -0.888. The summed E-state index contributed by atoms with van der Waals surface area (Å²) in [5.41, 5.74) is 1.36. The van der Waals surface area contributed by atoms with E-state index in [0.717, 1.165) is 11.1 Å². The van der Waals surface area contributed by atoms with Crippen LogP contribution in [0.1, 0.15) is 38.3 Å². The highest BCUT2D eigenvalue weighted by Crippen LogP contribution is 2.32. The molecule has 0 aliphatic carbocycles. The van der Waals surface area contributed by atoms with Gasteiger partial charge in [-0.05, 0) is 85.1 Å². The zero-order valence-electron chi connectivity index (χ0n) is 20.9. The van der Waals surface area contributed by atoms with Crippen LogP contribution in [0.2, 0.25) is 0 Å². The van der Waals surface area contributed by atoms with E-state index in [1.165, 1.54) is 4.90 Å². The van der Waals surface area contributed by atoms with Crippen LogP contribution in [0.25, 0.3) is 0 Å². The molecule has 4 rings (SSSR count). The minimum absolute atomic E-state index is 0.122. The van der Waals surface area contributed by atoms with E-state index in [1.54, 1.807) is 11.1 Å². The molecular formula is C27H32BrN3O5. The van der Waals surface area contributed by atoms with E-state index >= 15 is 0 Å². The molecule has 0 unspecified atom stereocenters.